The van der Waals surface area contributed by atoms with Crippen LogP contribution >= 0.6 is 0 Å². The molecule has 11 heteroatoms. The van der Waals surface area contributed by atoms with Crippen molar-refractivity contribution in [3.05, 3.63) is 59.4 Å². The molecule has 3 aromatic rings. The highest BCUT2D eigenvalue weighted by atomic mass is 32.2. The Morgan fingerprint density at radius 1 is 1.24 bits per heavy atom. The summed E-state index contributed by atoms with van der Waals surface area (Å²) in [7, 11) is -3.88. The first-order chi connectivity index (χ1) is 13.7. The van der Waals surface area contributed by atoms with Gasteiger partial charge >= 0.3 is 0 Å². The SMILES string of the molecule is Cc1cc(-c2nnn(C(C)c3ccc(F)cc3)n2)ccc1S(=O)(=O)NCC(N)=O. The van der Waals surface area contributed by atoms with Crippen LogP contribution in [0.1, 0.15) is 24.1 Å². The Labute approximate surface area is 166 Å². The van der Waals surface area contributed by atoms with Gasteiger partial charge in [-0.2, -0.15) is 4.80 Å². The first-order valence-corrected chi connectivity index (χ1v) is 10.1. The summed E-state index contributed by atoms with van der Waals surface area (Å²) < 4.78 is 39.8. The lowest BCUT2D eigenvalue weighted by Gasteiger charge is -2.10. The molecule has 3 N–H and O–H groups in total. The van der Waals surface area contributed by atoms with Crippen molar-refractivity contribution in [3.8, 4) is 11.4 Å². The Bertz CT molecular complexity index is 1140. The average molecular weight is 418 g/mol. The average Bonchev–Trinajstić information content (AvgIpc) is 3.16. The predicted octanol–water partition coefficient (Wildman–Crippen LogP) is 1.16. The molecule has 0 spiro atoms. The van der Waals surface area contributed by atoms with E-state index in [-0.39, 0.29) is 16.8 Å². The van der Waals surface area contributed by atoms with Crippen LogP contribution < -0.4 is 10.5 Å². The number of aromatic nitrogens is 4. The molecule has 1 aromatic heterocycles. The first-order valence-electron chi connectivity index (χ1n) is 8.61. The third-order valence-corrected chi connectivity index (χ3v) is 5.85. The second-order valence-corrected chi connectivity index (χ2v) is 8.17. The van der Waals surface area contributed by atoms with E-state index in [9.17, 15) is 17.6 Å². The molecule has 2 aromatic carbocycles. The van der Waals surface area contributed by atoms with E-state index in [1.165, 1.54) is 23.0 Å². The number of sulfonamides is 1. The van der Waals surface area contributed by atoms with E-state index in [4.69, 9.17) is 5.73 Å². The van der Waals surface area contributed by atoms with Crippen LogP contribution in [0, 0.1) is 12.7 Å². The number of tetrazole rings is 1. The van der Waals surface area contributed by atoms with Crippen molar-refractivity contribution in [2.45, 2.75) is 24.8 Å². The van der Waals surface area contributed by atoms with Crippen LogP contribution in [0.15, 0.2) is 47.4 Å². The van der Waals surface area contributed by atoms with E-state index in [1.807, 2.05) is 6.92 Å². The fourth-order valence-electron chi connectivity index (χ4n) is 2.71. The van der Waals surface area contributed by atoms with E-state index in [1.54, 1.807) is 31.2 Å². The third-order valence-electron chi connectivity index (χ3n) is 4.29. The Morgan fingerprint density at radius 2 is 1.93 bits per heavy atom. The van der Waals surface area contributed by atoms with Crippen LogP contribution in [0.25, 0.3) is 11.4 Å². The van der Waals surface area contributed by atoms with E-state index >= 15 is 0 Å². The van der Waals surface area contributed by atoms with Gasteiger partial charge in [-0.15, -0.1) is 10.2 Å². The normalized spacial score (nSPS) is 12.7. The quantitative estimate of drug-likeness (QED) is 0.592. The molecule has 9 nitrogen and oxygen atoms in total. The van der Waals surface area contributed by atoms with Gasteiger partial charge < -0.3 is 5.73 Å². The maximum absolute atomic E-state index is 13.1. The summed E-state index contributed by atoms with van der Waals surface area (Å²) in [5.41, 5.74) is 6.82. The van der Waals surface area contributed by atoms with Crippen molar-refractivity contribution in [2.24, 2.45) is 5.73 Å². The zero-order valence-corrected chi connectivity index (χ0v) is 16.5. The minimum Gasteiger partial charge on any atom is -0.369 e. The first kappa shape index (κ1) is 20.6. The largest absolute Gasteiger partial charge is 0.369 e. The summed E-state index contributed by atoms with van der Waals surface area (Å²) in [6.07, 6.45) is 0. The van der Waals surface area contributed by atoms with Crippen LogP contribution in [0.3, 0.4) is 0 Å². The number of nitrogens with zero attached hydrogens (tertiary/aromatic N) is 4. The lowest BCUT2D eigenvalue weighted by molar-refractivity contribution is -0.116. The number of carbonyl (C=O) groups excluding carboxylic acids is 1. The van der Waals surface area contributed by atoms with Gasteiger partial charge in [-0.25, -0.2) is 17.5 Å². The van der Waals surface area contributed by atoms with Crippen molar-refractivity contribution in [3.63, 3.8) is 0 Å². The molecule has 0 aliphatic carbocycles. The molecular formula is C18H19FN6O3S. The molecule has 0 aliphatic rings. The highest BCUT2D eigenvalue weighted by Crippen LogP contribution is 2.23. The summed E-state index contributed by atoms with van der Waals surface area (Å²) in [4.78, 5) is 12.3. The van der Waals surface area contributed by atoms with Gasteiger partial charge in [-0.3, -0.25) is 4.79 Å². The number of rotatable bonds is 7. The van der Waals surface area contributed by atoms with Gasteiger partial charge in [0.1, 0.15) is 5.82 Å². The highest BCUT2D eigenvalue weighted by Gasteiger charge is 2.19. The molecule has 1 atom stereocenters. The van der Waals surface area contributed by atoms with Crippen molar-refractivity contribution >= 4 is 15.9 Å². The summed E-state index contributed by atoms with van der Waals surface area (Å²) in [6, 6.07) is 10.3. The molecule has 0 fully saturated rings. The van der Waals surface area contributed by atoms with Gasteiger partial charge in [0.15, 0.2) is 0 Å². The molecule has 1 unspecified atom stereocenters. The maximum atomic E-state index is 13.1. The lowest BCUT2D eigenvalue weighted by atomic mass is 10.1. The number of primary amides is 1. The topological polar surface area (TPSA) is 133 Å². The fraction of sp³-hybridized carbons (Fsp3) is 0.222. The molecule has 1 amide bonds. The van der Waals surface area contributed by atoms with Crippen LogP contribution in [0.2, 0.25) is 0 Å². The number of aryl methyl sites for hydroxylation is 1. The van der Waals surface area contributed by atoms with E-state index in [0.29, 0.717) is 17.0 Å². The number of benzene rings is 2. The molecule has 29 heavy (non-hydrogen) atoms. The van der Waals surface area contributed by atoms with Crippen LogP contribution in [-0.2, 0) is 14.8 Å². The maximum Gasteiger partial charge on any atom is 0.241 e. The number of amides is 1. The van der Waals surface area contributed by atoms with Gasteiger partial charge in [-0.05, 0) is 60.5 Å². The number of halogens is 1. The number of carbonyl (C=O) groups is 1. The van der Waals surface area contributed by atoms with Gasteiger partial charge in [-0.1, -0.05) is 12.1 Å². The summed E-state index contributed by atoms with van der Waals surface area (Å²) in [6.45, 7) is 2.98. The summed E-state index contributed by atoms with van der Waals surface area (Å²) in [5, 5.41) is 12.4. The van der Waals surface area contributed by atoms with Gasteiger partial charge in [0.2, 0.25) is 21.8 Å². The molecule has 0 radical (unpaired) electrons. The molecule has 1 heterocycles. The molecule has 3 rings (SSSR count). The fourth-order valence-corrected chi connectivity index (χ4v) is 3.93. The standard InChI is InChI=1S/C18H19FN6O3S/c1-11-9-14(5-8-16(11)29(27,28)21-10-17(20)26)18-22-24-25(23-18)12(2)13-3-6-15(19)7-4-13/h3-9,12,21H,10H2,1-2H3,(H2,20,26). The van der Waals surface area contributed by atoms with Crippen molar-refractivity contribution in [1.82, 2.24) is 24.9 Å². The lowest BCUT2D eigenvalue weighted by Crippen LogP contribution is -2.33. The molecule has 0 aliphatic heterocycles. The van der Waals surface area contributed by atoms with E-state index < -0.39 is 22.5 Å². The number of nitrogens with one attached hydrogen (secondary N) is 1. The second-order valence-electron chi connectivity index (χ2n) is 6.43. The molecule has 0 bridgehead atoms. The Morgan fingerprint density at radius 3 is 2.55 bits per heavy atom. The smallest absolute Gasteiger partial charge is 0.241 e. The summed E-state index contributed by atoms with van der Waals surface area (Å²) >= 11 is 0. The highest BCUT2D eigenvalue weighted by molar-refractivity contribution is 7.89. The number of hydrogen-bond acceptors (Lipinski definition) is 6. The molecule has 0 saturated carbocycles. The number of hydrogen-bond donors (Lipinski definition) is 2. The van der Waals surface area contributed by atoms with E-state index in [0.717, 1.165) is 5.56 Å². The minimum atomic E-state index is -3.88. The summed E-state index contributed by atoms with van der Waals surface area (Å²) in [5.74, 6) is -0.793. The zero-order valence-electron chi connectivity index (χ0n) is 15.7. The van der Waals surface area contributed by atoms with E-state index in [2.05, 4.69) is 20.1 Å². The molecular weight excluding hydrogens is 399 g/mol. The van der Waals surface area contributed by atoms with Crippen molar-refractivity contribution < 1.29 is 17.6 Å². The third kappa shape index (κ3) is 4.63. The van der Waals surface area contributed by atoms with Gasteiger partial charge in [0.25, 0.3) is 0 Å². The van der Waals surface area contributed by atoms with Crippen LogP contribution in [0.5, 0.6) is 0 Å². The monoisotopic (exact) mass is 418 g/mol. The van der Waals surface area contributed by atoms with Gasteiger partial charge in [0.05, 0.1) is 17.5 Å². The zero-order chi connectivity index (χ0) is 21.2. The van der Waals surface area contributed by atoms with Gasteiger partial charge in [0, 0.05) is 5.56 Å². The second kappa shape index (κ2) is 8.05. The molecule has 0 saturated heterocycles. The Balaban J connectivity index is 1.84. The van der Waals surface area contributed by atoms with Crippen LogP contribution in [-0.4, -0.2) is 41.1 Å². The number of nitrogens with two attached hydrogens (primary N) is 1. The Kier molecular flexibility index (Phi) is 5.71. The van der Waals surface area contributed by atoms with Crippen molar-refractivity contribution in [1.29, 1.82) is 0 Å². The molecule has 152 valence electrons. The Hall–Kier alpha value is -3.18. The van der Waals surface area contributed by atoms with Crippen LogP contribution in [0.4, 0.5) is 4.39 Å². The van der Waals surface area contributed by atoms with Crippen molar-refractivity contribution in [2.75, 3.05) is 6.54 Å². The minimum absolute atomic E-state index is 0.0228. The predicted molar refractivity (Wildman–Crippen MR) is 103 cm³/mol.